The maximum absolute atomic E-state index is 11.6. The normalized spacial score (nSPS) is 10.4. The van der Waals surface area contributed by atoms with Gasteiger partial charge in [-0.15, -0.1) is 23.1 Å². The molecule has 0 aliphatic heterocycles. The smallest absolute Gasteiger partial charge is 0.305 e. The highest BCUT2D eigenvalue weighted by atomic mass is 32.2. The van der Waals surface area contributed by atoms with E-state index in [-0.39, 0.29) is 11.9 Å². The zero-order valence-electron chi connectivity index (χ0n) is 12.5. The summed E-state index contributed by atoms with van der Waals surface area (Å²) >= 11 is 3.20. The fourth-order valence-corrected chi connectivity index (χ4v) is 3.14. The van der Waals surface area contributed by atoms with Crippen molar-refractivity contribution >= 4 is 35.0 Å². The Morgan fingerprint density at radius 3 is 2.86 bits per heavy atom. The number of nitrogens with zero attached hydrogens (tertiary/aromatic N) is 1. The van der Waals surface area contributed by atoms with Gasteiger partial charge in [0, 0.05) is 24.1 Å². The van der Waals surface area contributed by atoms with E-state index in [0.717, 1.165) is 35.7 Å². The zero-order valence-corrected chi connectivity index (χ0v) is 14.1. The van der Waals surface area contributed by atoms with Crippen LogP contribution < -0.4 is 5.32 Å². The summed E-state index contributed by atoms with van der Waals surface area (Å²) in [5.41, 5.74) is 1.04. The van der Waals surface area contributed by atoms with Crippen molar-refractivity contribution in [3.63, 3.8) is 0 Å². The number of rotatable bonds is 10. The van der Waals surface area contributed by atoms with Crippen molar-refractivity contribution in [3.8, 4) is 0 Å². The van der Waals surface area contributed by atoms with Crippen molar-refractivity contribution in [1.82, 2.24) is 10.3 Å². The van der Waals surface area contributed by atoms with Crippen LogP contribution in [0.25, 0.3) is 0 Å². The minimum absolute atomic E-state index is 0.0555. The minimum atomic E-state index is -0.173. The molecule has 0 radical (unpaired) electrons. The second-order valence-electron chi connectivity index (χ2n) is 4.59. The Balaban J connectivity index is 1.95. The molecule has 0 aromatic carbocycles. The van der Waals surface area contributed by atoms with Gasteiger partial charge in [0.05, 0.1) is 23.6 Å². The molecular weight excluding hydrogens is 308 g/mol. The van der Waals surface area contributed by atoms with Crippen LogP contribution in [0.15, 0.2) is 5.38 Å². The summed E-state index contributed by atoms with van der Waals surface area (Å²) in [5.74, 6) is 1.11. The van der Waals surface area contributed by atoms with E-state index in [9.17, 15) is 9.59 Å². The lowest BCUT2D eigenvalue weighted by atomic mass is 10.2. The summed E-state index contributed by atoms with van der Waals surface area (Å²) in [5, 5.41) is 5.97. The maximum Gasteiger partial charge on any atom is 0.305 e. The molecule has 118 valence electrons. The molecule has 0 aliphatic carbocycles. The van der Waals surface area contributed by atoms with Gasteiger partial charge in [0.15, 0.2) is 0 Å². The fraction of sp³-hybridized carbons (Fsp3) is 0.643. The summed E-state index contributed by atoms with van der Waals surface area (Å²) in [6, 6.07) is 0. The van der Waals surface area contributed by atoms with Gasteiger partial charge in [-0.1, -0.05) is 6.42 Å². The molecule has 1 N–H and O–H groups in total. The van der Waals surface area contributed by atoms with Crippen molar-refractivity contribution in [3.05, 3.63) is 16.1 Å². The highest BCUT2D eigenvalue weighted by Crippen LogP contribution is 2.14. The van der Waals surface area contributed by atoms with Crippen molar-refractivity contribution in [1.29, 1.82) is 0 Å². The van der Waals surface area contributed by atoms with Gasteiger partial charge in [0.25, 0.3) is 0 Å². The highest BCUT2D eigenvalue weighted by molar-refractivity contribution is 7.99. The molecule has 1 aromatic rings. The molecule has 1 rings (SSSR count). The van der Waals surface area contributed by atoms with Crippen LogP contribution in [0.1, 0.15) is 36.4 Å². The predicted octanol–water partition coefficient (Wildman–Crippen LogP) is 2.53. The number of carbonyl (C=O) groups excluding carboxylic acids is 2. The van der Waals surface area contributed by atoms with E-state index in [1.807, 2.05) is 12.3 Å². The molecule has 0 unspecified atom stereocenters. The lowest BCUT2D eigenvalue weighted by molar-refractivity contribution is -0.140. The Bertz CT molecular complexity index is 449. The van der Waals surface area contributed by atoms with Crippen LogP contribution in [0, 0.1) is 6.92 Å². The van der Waals surface area contributed by atoms with E-state index in [2.05, 4.69) is 15.0 Å². The molecule has 0 spiro atoms. The van der Waals surface area contributed by atoms with Gasteiger partial charge in [-0.2, -0.15) is 0 Å². The monoisotopic (exact) mass is 330 g/mol. The van der Waals surface area contributed by atoms with Crippen molar-refractivity contribution in [2.24, 2.45) is 0 Å². The second kappa shape index (κ2) is 10.6. The predicted molar refractivity (Wildman–Crippen MR) is 86.5 cm³/mol. The Morgan fingerprint density at radius 2 is 2.19 bits per heavy atom. The number of hydrogen-bond donors (Lipinski definition) is 1. The number of ether oxygens (including phenoxy) is 1. The highest BCUT2D eigenvalue weighted by Gasteiger charge is 2.04. The quantitative estimate of drug-likeness (QED) is 0.527. The number of amides is 1. The fourth-order valence-electron chi connectivity index (χ4n) is 1.67. The molecule has 0 saturated heterocycles. The Labute approximate surface area is 133 Å². The third-order valence-electron chi connectivity index (χ3n) is 2.76. The molecule has 0 fully saturated rings. The summed E-state index contributed by atoms with van der Waals surface area (Å²) in [7, 11) is 1.40. The standard InChI is InChI=1S/C14H22N2O3S2/c1-11-16-12(9-21-11)8-20-10-13(17)15-7-5-3-4-6-14(18)19-2/h9H,3-8,10H2,1-2H3,(H,15,17). The van der Waals surface area contributed by atoms with E-state index >= 15 is 0 Å². The maximum atomic E-state index is 11.6. The third-order valence-corrected chi connectivity index (χ3v) is 4.55. The number of unbranched alkanes of at least 4 members (excludes halogenated alkanes) is 2. The van der Waals surface area contributed by atoms with E-state index in [0.29, 0.717) is 18.7 Å². The Hall–Kier alpha value is -1.08. The van der Waals surface area contributed by atoms with E-state index < -0.39 is 0 Å². The van der Waals surface area contributed by atoms with Gasteiger partial charge in [-0.25, -0.2) is 4.98 Å². The number of thiazole rings is 1. The molecule has 1 aromatic heterocycles. The van der Waals surface area contributed by atoms with Crippen LogP contribution in [0.4, 0.5) is 0 Å². The van der Waals surface area contributed by atoms with Crippen LogP contribution in [-0.4, -0.2) is 36.3 Å². The second-order valence-corrected chi connectivity index (χ2v) is 6.64. The molecule has 1 heterocycles. The summed E-state index contributed by atoms with van der Waals surface area (Å²) in [6.45, 7) is 2.64. The molecule has 0 saturated carbocycles. The summed E-state index contributed by atoms with van der Waals surface area (Å²) in [6.07, 6.45) is 3.06. The van der Waals surface area contributed by atoms with Crippen molar-refractivity contribution in [2.75, 3.05) is 19.4 Å². The molecule has 7 heteroatoms. The van der Waals surface area contributed by atoms with Crippen LogP contribution >= 0.6 is 23.1 Å². The van der Waals surface area contributed by atoms with Gasteiger partial charge in [-0.05, 0) is 19.8 Å². The average molecular weight is 330 g/mol. The van der Waals surface area contributed by atoms with Gasteiger partial charge in [0.1, 0.15) is 0 Å². The van der Waals surface area contributed by atoms with Crippen molar-refractivity contribution in [2.45, 2.75) is 38.4 Å². The molecule has 0 atom stereocenters. The average Bonchev–Trinajstić information content (AvgIpc) is 2.88. The van der Waals surface area contributed by atoms with E-state index in [1.165, 1.54) is 7.11 Å². The van der Waals surface area contributed by atoms with Crippen LogP contribution in [-0.2, 0) is 20.1 Å². The molecule has 5 nitrogen and oxygen atoms in total. The zero-order chi connectivity index (χ0) is 15.5. The number of methoxy groups -OCH3 is 1. The van der Waals surface area contributed by atoms with E-state index in [1.54, 1.807) is 23.1 Å². The lowest BCUT2D eigenvalue weighted by Gasteiger charge is -2.04. The van der Waals surface area contributed by atoms with Gasteiger partial charge in [0.2, 0.25) is 5.91 Å². The largest absolute Gasteiger partial charge is 0.469 e. The SMILES string of the molecule is COC(=O)CCCCCNC(=O)CSCc1csc(C)n1. The number of esters is 1. The lowest BCUT2D eigenvalue weighted by Crippen LogP contribution is -2.26. The number of thioether (sulfide) groups is 1. The van der Waals surface area contributed by atoms with E-state index in [4.69, 9.17) is 0 Å². The third kappa shape index (κ3) is 8.72. The molecule has 21 heavy (non-hydrogen) atoms. The molecule has 0 bridgehead atoms. The Morgan fingerprint density at radius 1 is 1.38 bits per heavy atom. The van der Waals surface area contributed by atoms with Gasteiger partial charge < -0.3 is 10.1 Å². The first-order chi connectivity index (χ1) is 10.1. The van der Waals surface area contributed by atoms with Crippen LogP contribution in [0.3, 0.4) is 0 Å². The molecule has 1 amide bonds. The molecule has 0 aliphatic rings. The summed E-state index contributed by atoms with van der Waals surface area (Å²) < 4.78 is 4.56. The number of carbonyl (C=O) groups is 2. The Kier molecular flexibility index (Phi) is 9.09. The minimum Gasteiger partial charge on any atom is -0.469 e. The summed E-state index contributed by atoms with van der Waals surface area (Å²) in [4.78, 5) is 26.8. The van der Waals surface area contributed by atoms with Crippen molar-refractivity contribution < 1.29 is 14.3 Å². The first-order valence-corrected chi connectivity index (χ1v) is 8.97. The van der Waals surface area contributed by atoms with Gasteiger partial charge >= 0.3 is 5.97 Å². The van der Waals surface area contributed by atoms with Crippen LogP contribution in [0.2, 0.25) is 0 Å². The number of aromatic nitrogens is 1. The number of hydrogen-bond acceptors (Lipinski definition) is 6. The van der Waals surface area contributed by atoms with Crippen LogP contribution in [0.5, 0.6) is 0 Å². The molecular formula is C14H22N2O3S2. The number of aryl methyl sites for hydroxylation is 1. The topological polar surface area (TPSA) is 68.3 Å². The first-order valence-electron chi connectivity index (χ1n) is 6.94. The van der Waals surface area contributed by atoms with Gasteiger partial charge in [-0.3, -0.25) is 9.59 Å². The number of nitrogens with one attached hydrogen (secondary N) is 1. The first kappa shape index (κ1) is 18.0.